The molecule has 96 valence electrons. The quantitative estimate of drug-likeness (QED) is 0.767. The van der Waals surface area contributed by atoms with Gasteiger partial charge in [-0.15, -0.1) is 5.10 Å². The molecule has 1 aromatic carbocycles. The minimum atomic E-state index is 0.349. The number of halogens is 2. The predicted molar refractivity (Wildman–Crippen MR) is 78.0 cm³/mol. The zero-order valence-electron chi connectivity index (χ0n) is 10.2. The molecule has 0 unspecified atom stereocenters. The van der Waals surface area contributed by atoms with Gasteiger partial charge in [0.2, 0.25) is 0 Å². The Kier molecular flexibility index (Phi) is 4.25. The summed E-state index contributed by atoms with van der Waals surface area (Å²) in [4.78, 5) is 0. The maximum Gasteiger partial charge on any atom is 0.300 e. The molecule has 0 saturated heterocycles. The van der Waals surface area contributed by atoms with Crippen LogP contribution in [-0.4, -0.2) is 10.2 Å². The summed E-state index contributed by atoms with van der Waals surface area (Å²) in [5.41, 5.74) is 2.05. The topological polar surface area (TPSA) is 35.0 Å². The normalized spacial score (nSPS) is 11.0. The lowest BCUT2D eigenvalue weighted by atomic mass is 10.0. The zero-order chi connectivity index (χ0) is 13.3. The van der Waals surface area contributed by atoms with E-state index >= 15 is 0 Å². The van der Waals surface area contributed by atoms with Gasteiger partial charge in [-0.05, 0) is 63.4 Å². The molecule has 0 aliphatic carbocycles. The molecule has 0 fully saturated rings. The fourth-order valence-electron chi connectivity index (χ4n) is 1.55. The zero-order valence-corrected chi connectivity index (χ0v) is 13.4. The van der Waals surface area contributed by atoms with E-state index in [4.69, 9.17) is 16.3 Å². The van der Waals surface area contributed by atoms with Crippen LogP contribution in [0.15, 0.2) is 16.0 Å². The second-order valence-corrected chi connectivity index (χ2v) is 6.84. The Morgan fingerprint density at radius 2 is 2.06 bits per heavy atom. The molecule has 0 N–H and O–H groups in total. The van der Waals surface area contributed by atoms with Crippen molar-refractivity contribution in [1.29, 1.82) is 0 Å². The fraction of sp³-hybridized carbons (Fsp3) is 0.333. The van der Waals surface area contributed by atoms with Gasteiger partial charge in [-0.2, -0.15) is 0 Å². The number of ether oxygens (including phenoxy) is 1. The molecule has 6 heteroatoms. The first-order chi connectivity index (χ1) is 8.47. The highest BCUT2D eigenvalue weighted by Crippen LogP contribution is 2.35. The number of nitrogens with zero attached hydrogens (tertiary/aromatic N) is 2. The van der Waals surface area contributed by atoms with Gasteiger partial charge in [-0.3, -0.25) is 0 Å². The van der Waals surface area contributed by atoms with E-state index in [2.05, 4.69) is 40.0 Å². The SMILES string of the molecule is Cc1cc(Cl)c(C(C)C)cc1Oc1nnc(Br)s1. The smallest absolute Gasteiger partial charge is 0.300 e. The van der Waals surface area contributed by atoms with Gasteiger partial charge in [0.25, 0.3) is 5.19 Å². The van der Waals surface area contributed by atoms with E-state index in [0.717, 1.165) is 21.9 Å². The van der Waals surface area contributed by atoms with E-state index in [9.17, 15) is 0 Å². The highest BCUT2D eigenvalue weighted by Gasteiger charge is 2.12. The first-order valence-electron chi connectivity index (χ1n) is 5.44. The Morgan fingerprint density at radius 3 is 2.61 bits per heavy atom. The van der Waals surface area contributed by atoms with Gasteiger partial charge in [0.05, 0.1) is 0 Å². The molecule has 0 aliphatic heterocycles. The van der Waals surface area contributed by atoms with E-state index in [-0.39, 0.29) is 0 Å². The third-order valence-corrected chi connectivity index (χ3v) is 4.06. The molecule has 0 atom stereocenters. The number of aryl methyl sites for hydroxylation is 1. The Morgan fingerprint density at radius 1 is 1.33 bits per heavy atom. The van der Waals surface area contributed by atoms with Crippen molar-refractivity contribution in [3.05, 3.63) is 32.2 Å². The van der Waals surface area contributed by atoms with Gasteiger partial charge in [0.1, 0.15) is 5.75 Å². The average Bonchev–Trinajstić information content (AvgIpc) is 2.67. The maximum absolute atomic E-state index is 6.22. The second kappa shape index (κ2) is 5.55. The molecule has 3 nitrogen and oxygen atoms in total. The van der Waals surface area contributed by atoms with Crippen molar-refractivity contribution in [3.63, 3.8) is 0 Å². The Hall–Kier alpha value is -0.650. The summed E-state index contributed by atoms with van der Waals surface area (Å²) in [5, 5.41) is 9.05. The van der Waals surface area contributed by atoms with Crippen molar-refractivity contribution in [2.45, 2.75) is 26.7 Å². The van der Waals surface area contributed by atoms with Crippen LogP contribution in [0.4, 0.5) is 0 Å². The first-order valence-corrected chi connectivity index (χ1v) is 7.43. The molecule has 1 heterocycles. The molecule has 0 aliphatic rings. The summed E-state index contributed by atoms with van der Waals surface area (Å²) >= 11 is 10.8. The predicted octanol–water partition coefficient (Wildman–Crippen LogP) is 5.18. The van der Waals surface area contributed by atoms with Crippen molar-refractivity contribution < 1.29 is 4.74 Å². The molecule has 18 heavy (non-hydrogen) atoms. The van der Waals surface area contributed by atoms with Gasteiger partial charge in [0.15, 0.2) is 3.92 Å². The van der Waals surface area contributed by atoms with Gasteiger partial charge >= 0.3 is 0 Å². The van der Waals surface area contributed by atoms with Crippen LogP contribution in [-0.2, 0) is 0 Å². The summed E-state index contributed by atoms with van der Waals surface area (Å²) in [6, 6.07) is 3.89. The molecule has 1 aromatic heterocycles. The van der Waals surface area contributed by atoms with Crippen LogP contribution in [0.25, 0.3) is 0 Å². The van der Waals surface area contributed by atoms with Crippen LogP contribution in [0.1, 0.15) is 30.9 Å². The minimum Gasteiger partial charge on any atom is -0.429 e. The Labute approximate surface area is 123 Å². The minimum absolute atomic E-state index is 0.349. The number of benzene rings is 1. The fourth-order valence-corrected chi connectivity index (χ4v) is 2.92. The monoisotopic (exact) mass is 346 g/mol. The summed E-state index contributed by atoms with van der Waals surface area (Å²) < 4.78 is 6.43. The lowest BCUT2D eigenvalue weighted by molar-refractivity contribution is 0.468. The van der Waals surface area contributed by atoms with Crippen molar-refractivity contribution in [3.8, 4) is 10.9 Å². The molecule has 0 spiro atoms. The molecule has 0 radical (unpaired) electrons. The molecular weight excluding hydrogens is 336 g/mol. The van der Waals surface area contributed by atoms with Crippen LogP contribution in [0.3, 0.4) is 0 Å². The van der Waals surface area contributed by atoms with E-state index in [1.165, 1.54) is 11.3 Å². The van der Waals surface area contributed by atoms with Gasteiger partial charge in [-0.1, -0.05) is 30.5 Å². The lowest BCUT2D eigenvalue weighted by Gasteiger charge is -2.12. The molecular formula is C12H12BrClN2OS. The van der Waals surface area contributed by atoms with Crippen molar-refractivity contribution >= 4 is 38.9 Å². The molecule has 0 saturated carbocycles. The molecule has 0 bridgehead atoms. The average molecular weight is 348 g/mol. The van der Waals surface area contributed by atoms with Crippen molar-refractivity contribution in [2.24, 2.45) is 0 Å². The van der Waals surface area contributed by atoms with Crippen LogP contribution >= 0.6 is 38.9 Å². The van der Waals surface area contributed by atoms with Gasteiger partial charge in [-0.25, -0.2) is 0 Å². The van der Waals surface area contributed by atoms with E-state index in [1.807, 2.05) is 19.1 Å². The van der Waals surface area contributed by atoms with E-state index in [1.54, 1.807) is 0 Å². The summed E-state index contributed by atoms with van der Waals surface area (Å²) in [6.45, 7) is 6.16. The summed E-state index contributed by atoms with van der Waals surface area (Å²) in [5.74, 6) is 1.12. The van der Waals surface area contributed by atoms with Crippen molar-refractivity contribution in [2.75, 3.05) is 0 Å². The van der Waals surface area contributed by atoms with Crippen LogP contribution in [0.5, 0.6) is 10.9 Å². The molecule has 0 amide bonds. The largest absolute Gasteiger partial charge is 0.429 e. The van der Waals surface area contributed by atoms with Crippen LogP contribution in [0.2, 0.25) is 5.02 Å². The Bertz CT molecular complexity index is 571. The van der Waals surface area contributed by atoms with E-state index in [0.29, 0.717) is 15.0 Å². The number of rotatable bonds is 3. The van der Waals surface area contributed by atoms with Crippen molar-refractivity contribution in [1.82, 2.24) is 10.2 Å². The highest BCUT2D eigenvalue weighted by atomic mass is 79.9. The van der Waals surface area contributed by atoms with Gasteiger partial charge < -0.3 is 4.74 Å². The number of aromatic nitrogens is 2. The third-order valence-electron chi connectivity index (χ3n) is 2.50. The standard InChI is InChI=1S/C12H12BrClN2OS/c1-6(2)8-5-10(7(3)4-9(8)14)17-12-16-15-11(13)18-12/h4-6H,1-3H3. The first kappa shape index (κ1) is 13.8. The number of hydrogen-bond donors (Lipinski definition) is 0. The maximum atomic E-state index is 6.22. The lowest BCUT2D eigenvalue weighted by Crippen LogP contribution is -1.94. The summed E-state index contributed by atoms with van der Waals surface area (Å²) in [6.07, 6.45) is 0. The number of hydrogen-bond acceptors (Lipinski definition) is 4. The summed E-state index contributed by atoms with van der Waals surface area (Å²) in [7, 11) is 0. The second-order valence-electron chi connectivity index (χ2n) is 4.22. The van der Waals surface area contributed by atoms with Crippen LogP contribution < -0.4 is 4.74 Å². The third kappa shape index (κ3) is 3.02. The van der Waals surface area contributed by atoms with Gasteiger partial charge in [0, 0.05) is 5.02 Å². The Balaban J connectivity index is 2.35. The van der Waals surface area contributed by atoms with Crippen LogP contribution in [0, 0.1) is 6.92 Å². The molecule has 2 rings (SSSR count). The molecule has 2 aromatic rings. The highest BCUT2D eigenvalue weighted by molar-refractivity contribution is 9.11. The van der Waals surface area contributed by atoms with E-state index < -0.39 is 0 Å².